The number of nitrogens with two attached hydrogens (primary N) is 1. The summed E-state index contributed by atoms with van der Waals surface area (Å²) in [4.78, 5) is 12.8. The van der Waals surface area contributed by atoms with Gasteiger partial charge in [-0.1, -0.05) is 29.8 Å². The van der Waals surface area contributed by atoms with Gasteiger partial charge in [-0.25, -0.2) is 0 Å². The van der Waals surface area contributed by atoms with Crippen LogP contribution in [0.3, 0.4) is 0 Å². The van der Waals surface area contributed by atoms with Gasteiger partial charge in [0.1, 0.15) is 0 Å². The highest BCUT2D eigenvalue weighted by atomic mass is 35.5. The second-order valence-electron chi connectivity index (χ2n) is 4.76. The summed E-state index contributed by atoms with van der Waals surface area (Å²) in [7, 11) is 3.94. The topological polar surface area (TPSA) is 46.3 Å². The van der Waals surface area contributed by atoms with E-state index >= 15 is 0 Å². The van der Waals surface area contributed by atoms with Crippen molar-refractivity contribution < 1.29 is 4.79 Å². The zero-order valence-electron chi connectivity index (χ0n) is 10.5. The maximum Gasteiger partial charge on any atom is 0.225 e. The molecule has 1 saturated carbocycles. The Balaban J connectivity index is 0.000000181. The van der Waals surface area contributed by atoms with Crippen LogP contribution in [-0.4, -0.2) is 30.9 Å². The van der Waals surface area contributed by atoms with Crippen LogP contribution < -0.4 is 5.73 Å². The molecule has 17 heavy (non-hydrogen) atoms. The minimum absolute atomic E-state index is 0.175. The minimum atomic E-state index is -0.247. The van der Waals surface area contributed by atoms with Crippen LogP contribution in [0.1, 0.15) is 13.3 Å². The van der Waals surface area contributed by atoms with Crippen molar-refractivity contribution in [2.45, 2.75) is 19.4 Å². The van der Waals surface area contributed by atoms with Crippen molar-refractivity contribution >= 4 is 17.5 Å². The molecule has 1 aliphatic rings. The highest BCUT2D eigenvalue weighted by molar-refractivity contribution is 6.30. The van der Waals surface area contributed by atoms with Gasteiger partial charge in [0, 0.05) is 11.1 Å². The van der Waals surface area contributed by atoms with Crippen molar-refractivity contribution in [2.24, 2.45) is 11.1 Å². The highest BCUT2D eigenvalue weighted by Gasteiger charge is 2.56. The second-order valence-corrected chi connectivity index (χ2v) is 5.20. The summed E-state index contributed by atoms with van der Waals surface area (Å²) < 4.78 is 0. The standard InChI is InChI=1S/C7H14N2O.C6H5Cl/c1-7(6(8)10)4-5(7)9(2)3;7-6-4-2-1-3-5-6/h5H,4H2,1-3H3,(H2,8,10);1-5H. The number of carbonyl (C=O) groups is 1. The third-order valence-electron chi connectivity index (χ3n) is 3.11. The van der Waals surface area contributed by atoms with E-state index in [9.17, 15) is 4.79 Å². The maximum atomic E-state index is 10.8. The predicted molar refractivity (Wildman–Crippen MR) is 70.8 cm³/mol. The number of nitrogens with zero attached hydrogens (tertiary/aromatic N) is 1. The molecular formula is C13H19ClN2O. The molecule has 2 rings (SSSR count). The number of hydrogen-bond donors (Lipinski definition) is 1. The molecule has 0 aromatic heterocycles. The van der Waals surface area contributed by atoms with E-state index in [1.807, 2.05) is 56.3 Å². The van der Waals surface area contributed by atoms with Crippen LogP contribution in [-0.2, 0) is 4.79 Å². The van der Waals surface area contributed by atoms with Gasteiger partial charge in [-0.3, -0.25) is 4.79 Å². The van der Waals surface area contributed by atoms with Crippen LogP contribution in [0.5, 0.6) is 0 Å². The maximum absolute atomic E-state index is 10.8. The normalized spacial score (nSPS) is 26.1. The van der Waals surface area contributed by atoms with Crippen LogP contribution in [0.2, 0.25) is 5.02 Å². The molecule has 2 atom stereocenters. The molecule has 0 aliphatic heterocycles. The van der Waals surface area contributed by atoms with Crippen molar-refractivity contribution in [1.29, 1.82) is 0 Å². The molecule has 4 heteroatoms. The number of primary amides is 1. The van der Waals surface area contributed by atoms with Crippen molar-refractivity contribution in [1.82, 2.24) is 4.90 Å². The Kier molecular flexibility index (Phi) is 4.54. The fraction of sp³-hybridized carbons (Fsp3) is 0.462. The molecule has 0 spiro atoms. The zero-order valence-corrected chi connectivity index (χ0v) is 11.2. The molecule has 1 amide bonds. The number of rotatable bonds is 2. The Labute approximate surface area is 108 Å². The molecule has 0 bridgehead atoms. The first-order valence-electron chi connectivity index (χ1n) is 5.55. The third-order valence-corrected chi connectivity index (χ3v) is 3.36. The van der Waals surface area contributed by atoms with Crippen LogP contribution >= 0.6 is 11.6 Å². The molecular weight excluding hydrogens is 236 g/mol. The molecule has 0 saturated heterocycles. The van der Waals surface area contributed by atoms with Gasteiger partial charge in [-0.15, -0.1) is 0 Å². The summed E-state index contributed by atoms with van der Waals surface area (Å²) in [6.45, 7) is 1.92. The van der Waals surface area contributed by atoms with Crippen LogP contribution in [0.15, 0.2) is 30.3 Å². The van der Waals surface area contributed by atoms with Crippen LogP contribution in [0.4, 0.5) is 0 Å². The SMILES string of the molecule is CN(C)C1CC1(C)C(N)=O.Clc1ccccc1. The number of amides is 1. The van der Waals surface area contributed by atoms with E-state index in [-0.39, 0.29) is 11.3 Å². The first-order chi connectivity index (χ1) is 7.88. The van der Waals surface area contributed by atoms with Gasteiger partial charge in [-0.2, -0.15) is 0 Å². The van der Waals surface area contributed by atoms with E-state index in [0.717, 1.165) is 11.4 Å². The Bertz CT molecular complexity index is 380. The molecule has 94 valence electrons. The van der Waals surface area contributed by atoms with Crippen molar-refractivity contribution in [3.63, 3.8) is 0 Å². The summed E-state index contributed by atoms with van der Waals surface area (Å²) in [5.74, 6) is -0.175. The van der Waals surface area contributed by atoms with E-state index in [4.69, 9.17) is 17.3 Å². The average Bonchev–Trinajstić information content (AvgIpc) is 2.95. The molecule has 2 unspecified atom stereocenters. The van der Waals surface area contributed by atoms with Gasteiger partial charge < -0.3 is 10.6 Å². The van der Waals surface area contributed by atoms with Gasteiger partial charge in [0.05, 0.1) is 5.41 Å². The Morgan fingerprint density at radius 2 is 1.94 bits per heavy atom. The molecule has 3 nitrogen and oxygen atoms in total. The third kappa shape index (κ3) is 3.72. The van der Waals surface area contributed by atoms with Crippen molar-refractivity contribution in [3.05, 3.63) is 35.4 Å². The largest absolute Gasteiger partial charge is 0.369 e. The van der Waals surface area contributed by atoms with Gasteiger partial charge in [0.15, 0.2) is 0 Å². The quantitative estimate of drug-likeness (QED) is 0.879. The van der Waals surface area contributed by atoms with Crippen LogP contribution in [0, 0.1) is 5.41 Å². The zero-order chi connectivity index (χ0) is 13.1. The predicted octanol–water partition coefficient (Wildman–Crippen LogP) is 2.15. The van der Waals surface area contributed by atoms with Gasteiger partial charge >= 0.3 is 0 Å². The van der Waals surface area contributed by atoms with Gasteiger partial charge in [0.25, 0.3) is 0 Å². The lowest BCUT2D eigenvalue weighted by Gasteiger charge is -2.11. The lowest BCUT2D eigenvalue weighted by molar-refractivity contribution is -0.123. The first kappa shape index (κ1) is 14.0. The Morgan fingerprint density at radius 1 is 1.41 bits per heavy atom. The molecule has 0 radical (unpaired) electrons. The highest BCUT2D eigenvalue weighted by Crippen LogP contribution is 2.47. The molecule has 1 fully saturated rings. The van der Waals surface area contributed by atoms with E-state index in [1.54, 1.807) is 0 Å². The monoisotopic (exact) mass is 254 g/mol. The summed E-state index contributed by atoms with van der Waals surface area (Å²) in [6.07, 6.45) is 0.912. The summed E-state index contributed by atoms with van der Waals surface area (Å²) in [5, 5.41) is 0.794. The number of hydrogen-bond acceptors (Lipinski definition) is 2. The van der Waals surface area contributed by atoms with Gasteiger partial charge in [-0.05, 0) is 39.6 Å². The Morgan fingerprint density at radius 3 is 2.12 bits per heavy atom. The van der Waals surface area contributed by atoms with E-state index in [1.165, 1.54) is 0 Å². The van der Waals surface area contributed by atoms with Crippen LogP contribution in [0.25, 0.3) is 0 Å². The first-order valence-corrected chi connectivity index (χ1v) is 5.92. The summed E-state index contributed by atoms with van der Waals surface area (Å²) >= 11 is 5.54. The van der Waals surface area contributed by atoms with E-state index < -0.39 is 0 Å². The number of carbonyl (C=O) groups excluding carboxylic acids is 1. The summed E-state index contributed by atoms with van der Waals surface area (Å²) in [6, 6.07) is 9.81. The second kappa shape index (κ2) is 5.52. The lowest BCUT2D eigenvalue weighted by Crippen LogP contribution is -2.30. The van der Waals surface area contributed by atoms with Crippen molar-refractivity contribution in [2.75, 3.05) is 14.1 Å². The van der Waals surface area contributed by atoms with E-state index in [2.05, 4.69) is 0 Å². The molecule has 1 aliphatic carbocycles. The average molecular weight is 255 g/mol. The molecule has 2 N–H and O–H groups in total. The smallest absolute Gasteiger partial charge is 0.225 e. The Hall–Kier alpha value is -1.06. The van der Waals surface area contributed by atoms with E-state index in [0.29, 0.717) is 6.04 Å². The fourth-order valence-corrected chi connectivity index (χ4v) is 1.92. The van der Waals surface area contributed by atoms with Crippen molar-refractivity contribution in [3.8, 4) is 0 Å². The number of halogens is 1. The molecule has 1 aromatic rings. The molecule has 1 aromatic carbocycles. The minimum Gasteiger partial charge on any atom is -0.369 e. The lowest BCUT2D eigenvalue weighted by atomic mass is 10.1. The number of benzene rings is 1. The molecule has 0 heterocycles. The summed E-state index contributed by atoms with van der Waals surface area (Å²) in [5.41, 5.74) is 4.95. The van der Waals surface area contributed by atoms with Gasteiger partial charge in [0.2, 0.25) is 5.91 Å². The fourth-order valence-electron chi connectivity index (χ4n) is 1.77.